The summed E-state index contributed by atoms with van der Waals surface area (Å²) in [5.41, 5.74) is -0.263. The lowest BCUT2D eigenvalue weighted by Gasteiger charge is -2.29. The summed E-state index contributed by atoms with van der Waals surface area (Å²) in [6.45, 7) is 5.87. The second-order valence-corrected chi connectivity index (χ2v) is 5.56. The Balaban J connectivity index is 2.74. The largest absolute Gasteiger partial charge is 0.467 e. The Labute approximate surface area is 109 Å². The highest BCUT2D eigenvalue weighted by Gasteiger charge is 2.41. The molecular weight excluding hydrogens is 230 g/mol. The number of carbonyl (C=O) groups is 2. The molecule has 0 aliphatic heterocycles. The van der Waals surface area contributed by atoms with Crippen molar-refractivity contribution >= 4 is 11.9 Å². The zero-order valence-electron chi connectivity index (χ0n) is 11.9. The van der Waals surface area contributed by atoms with Gasteiger partial charge in [-0.15, -0.1) is 0 Å². The molecule has 0 spiro atoms. The second-order valence-electron chi connectivity index (χ2n) is 5.56. The van der Waals surface area contributed by atoms with Crippen molar-refractivity contribution in [2.24, 2.45) is 11.3 Å². The monoisotopic (exact) mass is 255 g/mol. The lowest BCUT2D eigenvalue weighted by Crippen LogP contribution is -2.50. The van der Waals surface area contributed by atoms with Gasteiger partial charge in [-0.05, 0) is 25.2 Å². The number of ether oxygens (including phenoxy) is 1. The maximum Gasteiger partial charge on any atom is 0.328 e. The van der Waals surface area contributed by atoms with E-state index in [0.29, 0.717) is 0 Å². The molecule has 1 atom stereocenters. The van der Waals surface area contributed by atoms with Gasteiger partial charge in [0, 0.05) is 5.41 Å². The normalized spacial score (nSPS) is 19.6. The average molecular weight is 255 g/mol. The molecule has 0 radical (unpaired) electrons. The molecule has 1 N–H and O–H groups in total. The van der Waals surface area contributed by atoms with E-state index in [-0.39, 0.29) is 23.2 Å². The van der Waals surface area contributed by atoms with Crippen molar-refractivity contribution in [3.63, 3.8) is 0 Å². The summed E-state index contributed by atoms with van der Waals surface area (Å²) in [5, 5.41) is 2.89. The van der Waals surface area contributed by atoms with Crippen LogP contribution < -0.4 is 5.32 Å². The molecule has 0 aromatic heterocycles. The van der Waals surface area contributed by atoms with Crippen LogP contribution in [0.5, 0.6) is 0 Å². The predicted octanol–water partition coefficient (Wildman–Crippen LogP) is 2.27. The fourth-order valence-electron chi connectivity index (χ4n) is 2.71. The molecule has 4 nitrogen and oxygen atoms in total. The first kappa shape index (κ1) is 15.0. The lowest BCUT2D eigenvalue weighted by molar-refractivity contribution is -0.148. The van der Waals surface area contributed by atoms with Crippen molar-refractivity contribution in [2.75, 3.05) is 7.11 Å². The molecule has 0 saturated heterocycles. The van der Waals surface area contributed by atoms with Gasteiger partial charge in [0.15, 0.2) is 0 Å². The van der Waals surface area contributed by atoms with Crippen LogP contribution in [0.15, 0.2) is 0 Å². The Hall–Kier alpha value is -1.06. The molecule has 0 bridgehead atoms. The van der Waals surface area contributed by atoms with E-state index >= 15 is 0 Å². The fourth-order valence-corrected chi connectivity index (χ4v) is 2.71. The van der Waals surface area contributed by atoms with Crippen LogP contribution in [0.4, 0.5) is 0 Å². The molecule has 1 saturated carbocycles. The molecule has 1 amide bonds. The first-order valence-corrected chi connectivity index (χ1v) is 6.85. The first-order chi connectivity index (χ1) is 8.46. The molecule has 18 heavy (non-hydrogen) atoms. The van der Waals surface area contributed by atoms with E-state index in [2.05, 4.69) is 5.32 Å². The van der Waals surface area contributed by atoms with Crippen LogP contribution in [0.1, 0.15) is 52.9 Å². The molecule has 4 heteroatoms. The first-order valence-electron chi connectivity index (χ1n) is 6.85. The summed E-state index contributed by atoms with van der Waals surface area (Å²) in [7, 11) is 1.36. The predicted molar refractivity (Wildman–Crippen MR) is 70.0 cm³/mol. The molecular formula is C14H25NO3. The molecule has 1 unspecified atom stereocenters. The molecule has 1 rings (SSSR count). The highest BCUT2D eigenvalue weighted by atomic mass is 16.5. The highest BCUT2D eigenvalue weighted by molar-refractivity contribution is 5.88. The molecule has 1 aliphatic carbocycles. The van der Waals surface area contributed by atoms with Gasteiger partial charge in [-0.2, -0.15) is 0 Å². The van der Waals surface area contributed by atoms with Crippen LogP contribution in [0.2, 0.25) is 0 Å². The highest BCUT2D eigenvalue weighted by Crippen LogP contribution is 2.41. The maximum atomic E-state index is 12.4. The number of methoxy groups -OCH3 is 1. The van der Waals surface area contributed by atoms with Gasteiger partial charge in [-0.1, -0.05) is 33.6 Å². The standard InChI is InChI=1S/C14H25NO3/c1-5-14(8-6-7-9-14)13(17)15-11(10(2)3)12(16)18-4/h10-11H,5-9H2,1-4H3,(H,15,17). The van der Waals surface area contributed by atoms with E-state index in [9.17, 15) is 9.59 Å². The Bertz CT molecular complexity index is 306. The van der Waals surface area contributed by atoms with Gasteiger partial charge in [0.2, 0.25) is 5.91 Å². The van der Waals surface area contributed by atoms with Crippen LogP contribution in [0.3, 0.4) is 0 Å². The third-order valence-electron chi connectivity index (χ3n) is 4.13. The van der Waals surface area contributed by atoms with Crippen LogP contribution >= 0.6 is 0 Å². The SMILES string of the molecule is CCC1(C(=O)NC(C(=O)OC)C(C)C)CCCC1. The minimum Gasteiger partial charge on any atom is -0.467 e. The minimum absolute atomic E-state index is 0.0200. The van der Waals surface area contributed by atoms with E-state index in [1.165, 1.54) is 7.11 Å². The van der Waals surface area contributed by atoms with E-state index in [4.69, 9.17) is 4.74 Å². The number of carbonyl (C=O) groups excluding carboxylic acids is 2. The average Bonchev–Trinajstić information content (AvgIpc) is 2.84. The maximum absolute atomic E-state index is 12.4. The van der Waals surface area contributed by atoms with Crippen LogP contribution in [0, 0.1) is 11.3 Å². The Morgan fingerprint density at radius 3 is 2.22 bits per heavy atom. The molecule has 104 valence electrons. The summed E-state index contributed by atoms with van der Waals surface area (Å²) in [6, 6.07) is -0.536. The lowest BCUT2D eigenvalue weighted by atomic mass is 9.82. The van der Waals surface area contributed by atoms with Crippen molar-refractivity contribution < 1.29 is 14.3 Å². The number of hydrogen-bond donors (Lipinski definition) is 1. The molecule has 0 heterocycles. The summed E-state index contributed by atoms with van der Waals surface area (Å²) in [6.07, 6.45) is 4.91. The topological polar surface area (TPSA) is 55.4 Å². The second kappa shape index (κ2) is 6.21. The van der Waals surface area contributed by atoms with Gasteiger partial charge in [-0.3, -0.25) is 4.79 Å². The van der Waals surface area contributed by atoms with Crippen molar-refractivity contribution in [1.82, 2.24) is 5.32 Å². The van der Waals surface area contributed by atoms with Gasteiger partial charge in [-0.25, -0.2) is 4.79 Å². The third-order valence-corrected chi connectivity index (χ3v) is 4.13. The van der Waals surface area contributed by atoms with Crippen molar-refractivity contribution in [1.29, 1.82) is 0 Å². The number of hydrogen-bond acceptors (Lipinski definition) is 3. The van der Waals surface area contributed by atoms with Gasteiger partial charge in [0.25, 0.3) is 0 Å². The Morgan fingerprint density at radius 1 is 1.28 bits per heavy atom. The number of rotatable bonds is 5. The third kappa shape index (κ3) is 3.03. The Kier molecular flexibility index (Phi) is 5.17. The zero-order valence-corrected chi connectivity index (χ0v) is 11.9. The van der Waals surface area contributed by atoms with Gasteiger partial charge < -0.3 is 10.1 Å². The summed E-state index contributed by atoms with van der Waals surface area (Å²) < 4.78 is 4.75. The quantitative estimate of drug-likeness (QED) is 0.767. The van der Waals surface area contributed by atoms with Gasteiger partial charge in [0.05, 0.1) is 7.11 Å². The number of esters is 1. The van der Waals surface area contributed by atoms with Crippen LogP contribution in [-0.4, -0.2) is 25.0 Å². The fraction of sp³-hybridized carbons (Fsp3) is 0.857. The van der Waals surface area contributed by atoms with Gasteiger partial charge in [0.1, 0.15) is 6.04 Å². The molecule has 0 aromatic rings. The zero-order chi connectivity index (χ0) is 13.8. The van der Waals surface area contributed by atoms with E-state index in [0.717, 1.165) is 32.1 Å². The van der Waals surface area contributed by atoms with Crippen molar-refractivity contribution in [2.45, 2.75) is 58.9 Å². The van der Waals surface area contributed by atoms with Crippen molar-refractivity contribution in [3.05, 3.63) is 0 Å². The van der Waals surface area contributed by atoms with Gasteiger partial charge >= 0.3 is 5.97 Å². The molecule has 1 fully saturated rings. The summed E-state index contributed by atoms with van der Waals surface area (Å²) in [4.78, 5) is 24.1. The minimum atomic E-state index is -0.536. The van der Waals surface area contributed by atoms with E-state index < -0.39 is 6.04 Å². The van der Waals surface area contributed by atoms with Crippen LogP contribution in [-0.2, 0) is 14.3 Å². The number of nitrogens with one attached hydrogen (secondary N) is 1. The Morgan fingerprint density at radius 2 is 1.83 bits per heavy atom. The van der Waals surface area contributed by atoms with E-state index in [1.807, 2.05) is 20.8 Å². The number of amides is 1. The molecule has 1 aliphatic rings. The molecule has 0 aromatic carbocycles. The summed E-state index contributed by atoms with van der Waals surface area (Å²) in [5.74, 6) is -0.300. The smallest absolute Gasteiger partial charge is 0.328 e. The van der Waals surface area contributed by atoms with Crippen LogP contribution in [0.25, 0.3) is 0 Å². The summed E-state index contributed by atoms with van der Waals surface area (Å²) >= 11 is 0. The van der Waals surface area contributed by atoms with E-state index in [1.54, 1.807) is 0 Å². The van der Waals surface area contributed by atoms with Crippen molar-refractivity contribution in [3.8, 4) is 0 Å².